The lowest BCUT2D eigenvalue weighted by Gasteiger charge is -2.22. The van der Waals surface area contributed by atoms with Crippen LogP contribution in [0.1, 0.15) is 25.0 Å². The van der Waals surface area contributed by atoms with E-state index in [2.05, 4.69) is 16.0 Å². The number of aryl methyl sites for hydroxylation is 1. The highest BCUT2D eigenvalue weighted by atomic mass is 19.1. The summed E-state index contributed by atoms with van der Waals surface area (Å²) in [5.41, 5.74) is -0.676. The fourth-order valence-corrected chi connectivity index (χ4v) is 3.43. The second kappa shape index (κ2) is 9.13. The molecule has 0 spiro atoms. The number of nitrogens with one attached hydrogen (secondary N) is 3. The first-order valence-corrected chi connectivity index (χ1v) is 9.89. The molecule has 0 aromatic heterocycles. The van der Waals surface area contributed by atoms with E-state index in [0.29, 0.717) is 17.0 Å². The molecule has 0 saturated carbocycles. The number of para-hydroxylation sites is 1. The largest absolute Gasteiger partial charge is 0.345 e. The number of hydrogen-bond donors (Lipinski definition) is 3. The molecule has 3 N–H and O–H groups in total. The van der Waals surface area contributed by atoms with Crippen LogP contribution in [-0.2, 0) is 26.3 Å². The smallest absolute Gasteiger partial charge is 0.325 e. The number of carbonyl (C=O) groups excluding carboxylic acids is 4. The monoisotopic (exact) mass is 444 g/mol. The minimum absolute atomic E-state index is 0.354. The van der Waals surface area contributed by atoms with Crippen LogP contribution in [0.25, 0.3) is 0 Å². The third-order valence-electron chi connectivity index (χ3n) is 5.16. The first kappa shape index (κ1) is 22.9. The van der Waals surface area contributed by atoms with Crippen molar-refractivity contribution in [3.05, 3.63) is 65.2 Å². The van der Waals surface area contributed by atoms with Crippen LogP contribution in [0.4, 0.5) is 19.3 Å². The maximum atomic E-state index is 14.2. The molecule has 10 heteroatoms. The first-order chi connectivity index (χ1) is 15.2. The molecule has 32 heavy (non-hydrogen) atoms. The predicted molar refractivity (Wildman–Crippen MR) is 111 cm³/mol. The van der Waals surface area contributed by atoms with Gasteiger partial charge in [0.25, 0.3) is 5.91 Å². The van der Waals surface area contributed by atoms with Crippen molar-refractivity contribution in [2.45, 2.75) is 25.8 Å². The van der Waals surface area contributed by atoms with Gasteiger partial charge in [-0.3, -0.25) is 19.3 Å². The van der Waals surface area contributed by atoms with Crippen LogP contribution in [0, 0.1) is 11.6 Å². The number of urea groups is 1. The number of amides is 5. The van der Waals surface area contributed by atoms with Gasteiger partial charge >= 0.3 is 6.03 Å². The van der Waals surface area contributed by atoms with Gasteiger partial charge in [0.1, 0.15) is 23.7 Å². The predicted octanol–water partition coefficient (Wildman–Crippen LogP) is 2.05. The average molecular weight is 444 g/mol. The highest BCUT2D eigenvalue weighted by molar-refractivity contribution is 6.09. The summed E-state index contributed by atoms with van der Waals surface area (Å²) in [4.78, 5) is 50.0. The molecule has 3 rings (SSSR count). The Hall–Kier alpha value is -3.82. The maximum absolute atomic E-state index is 14.2. The fourth-order valence-electron chi connectivity index (χ4n) is 3.43. The van der Waals surface area contributed by atoms with Crippen molar-refractivity contribution in [3.63, 3.8) is 0 Å². The van der Waals surface area contributed by atoms with Crippen molar-refractivity contribution < 1.29 is 28.0 Å². The van der Waals surface area contributed by atoms with Crippen LogP contribution in [0.15, 0.2) is 42.5 Å². The topological polar surface area (TPSA) is 108 Å². The van der Waals surface area contributed by atoms with Crippen LogP contribution in [0.2, 0.25) is 0 Å². The highest BCUT2D eigenvalue weighted by Gasteiger charge is 2.50. The third-order valence-corrected chi connectivity index (χ3v) is 5.16. The van der Waals surface area contributed by atoms with Gasteiger partial charge in [-0.25, -0.2) is 13.6 Å². The zero-order valence-electron chi connectivity index (χ0n) is 17.5. The summed E-state index contributed by atoms with van der Waals surface area (Å²) in [5.74, 6) is -3.82. The number of rotatable bonds is 7. The van der Waals surface area contributed by atoms with Gasteiger partial charge in [0.2, 0.25) is 11.8 Å². The molecule has 1 fully saturated rings. The summed E-state index contributed by atoms with van der Waals surface area (Å²) in [5, 5.41) is 7.32. The van der Waals surface area contributed by atoms with Crippen molar-refractivity contribution in [2.75, 3.05) is 18.4 Å². The minimum atomic E-state index is -1.87. The standard InChI is InChI=1S/C22H22F2N4O4/c1-3-13-6-4-5-7-17(13)26-18(29)11-25-19(30)12-28-20(31)22(2,27-21(28)32)15-10-14(23)8-9-16(15)24/h4-10H,3,11-12H2,1-2H3,(H,25,30)(H,26,29)(H,27,32)/t22-/m0/s1. The van der Waals surface area contributed by atoms with Gasteiger partial charge in [-0.15, -0.1) is 0 Å². The number of anilines is 1. The zero-order valence-corrected chi connectivity index (χ0v) is 17.5. The van der Waals surface area contributed by atoms with Crippen LogP contribution in [-0.4, -0.2) is 41.7 Å². The molecule has 1 aliphatic heterocycles. The Labute approximate surface area is 183 Å². The SMILES string of the molecule is CCc1ccccc1NC(=O)CNC(=O)CN1C(=O)N[C@@](C)(c2cc(F)ccc2F)C1=O. The van der Waals surface area contributed by atoms with Crippen molar-refractivity contribution in [3.8, 4) is 0 Å². The van der Waals surface area contributed by atoms with Crippen LogP contribution < -0.4 is 16.0 Å². The van der Waals surface area contributed by atoms with Crippen molar-refractivity contribution >= 4 is 29.4 Å². The summed E-state index contributed by atoms with van der Waals surface area (Å²) < 4.78 is 27.8. The van der Waals surface area contributed by atoms with E-state index in [1.165, 1.54) is 6.92 Å². The van der Waals surface area contributed by atoms with E-state index in [4.69, 9.17) is 0 Å². The third kappa shape index (κ3) is 4.58. The minimum Gasteiger partial charge on any atom is -0.345 e. The molecule has 168 valence electrons. The quantitative estimate of drug-likeness (QED) is 0.568. The average Bonchev–Trinajstić information content (AvgIpc) is 2.98. The van der Waals surface area contributed by atoms with E-state index in [1.807, 2.05) is 19.1 Å². The normalized spacial score (nSPS) is 17.8. The lowest BCUT2D eigenvalue weighted by atomic mass is 9.91. The highest BCUT2D eigenvalue weighted by Crippen LogP contribution is 2.31. The molecule has 2 aromatic rings. The first-order valence-electron chi connectivity index (χ1n) is 9.89. The summed E-state index contributed by atoms with van der Waals surface area (Å²) in [6.45, 7) is 2.10. The lowest BCUT2D eigenvalue weighted by molar-refractivity contribution is -0.135. The van der Waals surface area contributed by atoms with E-state index >= 15 is 0 Å². The molecule has 1 saturated heterocycles. The van der Waals surface area contributed by atoms with E-state index in [0.717, 1.165) is 23.8 Å². The van der Waals surface area contributed by atoms with E-state index in [1.54, 1.807) is 12.1 Å². The molecular weight excluding hydrogens is 422 g/mol. The molecule has 1 atom stereocenters. The van der Waals surface area contributed by atoms with Crippen LogP contribution in [0.3, 0.4) is 0 Å². The molecule has 1 aliphatic rings. The van der Waals surface area contributed by atoms with Gasteiger partial charge in [0, 0.05) is 11.3 Å². The Balaban J connectivity index is 1.61. The second-order valence-corrected chi connectivity index (χ2v) is 7.41. The Bertz CT molecular complexity index is 1090. The second-order valence-electron chi connectivity index (χ2n) is 7.41. The van der Waals surface area contributed by atoms with Crippen molar-refractivity contribution in [2.24, 2.45) is 0 Å². The Kier molecular flexibility index (Phi) is 6.52. The lowest BCUT2D eigenvalue weighted by Crippen LogP contribution is -2.44. The molecule has 1 heterocycles. The summed E-state index contributed by atoms with van der Waals surface area (Å²) in [6, 6.07) is 8.83. The van der Waals surface area contributed by atoms with Crippen LogP contribution in [0.5, 0.6) is 0 Å². The molecule has 0 unspecified atom stereocenters. The fraction of sp³-hybridized carbons (Fsp3) is 0.273. The van der Waals surface area contributed by atoms with Crippen molar-refractivity contribution in [1.29, 1.82) is 0 Å². The van der Waals surface area contributed by atoms with E-state index < -0.39 is 47.5 Å². The number of imide groups is 1. The molecule has 0 bridgehead atoms. The molecule has 5 amide bonds. The van der Waals surface area contributed by atoms with E-state index in [-0.39, 0.29) is 12.1 Å². The Morgan fingerprint density at radius 2 is 1.81 bits per heavy atom. The zero-order chi connectivity index (χ0) is 23.5. The maximum Gasteiger partial charge on any atom is 0.325 e. The molecule has 2 aromatic carbocycles. The van der Waals surface area contributed by atoms with Crippen LogP contribution >= 0.6 is 0 Å². The molecule has 8 nitrogen and oxygen atoms in total. The number of benzene rings is 2. The van der Waals surface area contributed by atoms with Gasteiger partial charge in [0.05, 0.1) is 6.54 Å². The number of hydrogen-bond acceptors (Lipinski definition) is 4. The number of nitrogens with zero attached hydrogens (tertiary/aromatic N) is 1. The van der Waals surface area contributed by atoms with Crippen molar-refractivity contribution in [1.82, 2.24) is 15.5 Å². The van der Waals surface area contributed by atoms with Gasteiger partial charge in [-0.05, 0) is 43.2 Å². The summed E-state index contributed by atoms with van der Waals surface area (Å²) >= 11 is 0. The van der Waals surface area contributed by atoms with Gasteiger partial charge in [0.15, 0.2) is 0 Å². The molecule has 0 aliphatic carbocycles. The van der Waals surface area contributed by atoms with E-state index in [9.17, 15) is 28.0 Å². The van der Waals surface area contributed by atoms with Gasteiger partial charge < -0.3 is 16.0 Å². The van der Waals surface area contributed by atoms with Gasteiger partial charge in [-0.2, -0.15) is 0 Å². The summed E-state index contributed by atoms with van der Waals surface area (Å²) in [7, 11) is 0. The molecule has 0 radical (unpaired) electrons. The Morgan fingerprint density at radius 3 is 2.53 bits per heavy atom. The summed E-state index contributed by atoms with van der Waals surface area (Å²) in [6.07, 6.45) is 0.708. The molecular formula is C22H22F2N4O4. The number of carbonyl (C=O) groups is 4. The van der Waals surface area contributed by atoms with Gasteiger partial charge in [-0.1, -0.05) is 25.1 Å². The number of halogens is 2. The Morgan fingerprint density at radius 1 is 1.09 bits per heavy atom.